The minimum absolute atomic E-state index is 0.0476. The summed E-state index contributed by atoms with van der Waals surface area (Å²) in [7, 11) is -3.53. The Labute approximate surface area is 160 Å². The van der Waals surface area contributed by atoms with Crippen LogP contribution < -0.4 is 4.72 Å². The Morgan fingerprint density at radius 3 is 2.59 bits per heavy atom. The quantitative estimate of drug-likeness (QED) is 0.855. The van der Waals surface area contributed by atoms with Gasteiger partial charge in [0.25, 0.3) is 5.91 Å². The number of nitrogens with zero attached hydrogens (tertiary/aromatic N) is 2. The van der Waals surface area contributed by atoms with Gasteiger partial charge in [-0.05, 0) is 56.9 Å². The number of sulfonamides is 1. The van der Waals surface area contributed by atoms with Gasteiger partial charge in [0.2, 0.25) is 10.0 Å². The lowest BCUT2D eigenvalue weighted by atomic mass is 9.98. The zero-order valence-electron chi connectivity index (χ0n) is 15.7. The number of hydrogen-bond acceptors (Lipinski definition) is 4. The van der Waals surface area contributed by atoms with Crippen molar-refractivity contribution in [1.82, 2.24) is 14.6 Å². The Morgan fingerprint density at radius 2 is 1.93 bits per heavy atom. The maximum absolute atomic E-state index is 12.7. The zero-order valence-corrected chi connectivity index (χ0v) is 16.5. The molecule has 0 saturated carbocycles. The van der Waals surface area contributed by atoms with Gasteiger partial charge in [0.05, 0.1) is 10.5 Å². The maximum atomic E-state index is 12.7. The average Bonchev–Trinajstić information content (AvgIpc) is 2.67. The number of hydrogen-bond donors (Lipinski definition) is 1. The predicted octanol–water partition coefficient (Wildman–Crippen LogP) is 2.53. The van der Waals surface area contributed by atoms with Crippen LogP contribution in [0.4, 0.5) is 0 Å². The van der Waals surface area contributed by atoms with Crippen LogP contribution in [-0.4, -0.2) is 43.8 Å². The van der Waals surface area contributed by atoms with Crippen LogP contribution in [0.2, 0.25) is 0 Å². The smallest absolute Gasteiger partial charge is 0.255 e. The van der Waals surface area contributed by atoms with Gasteiger partial charge in [0.15, 0.2) is 0 Å². The highest BCUT2D eigenvalue weighted by atomic mass is 32.2. The number of nitrogens with one attached hydrogen (secondary N) is 1. The third-order valence-corrected chi connectivity index (χ3v) is 6.30. The number of benzene rings is 1. The minimum atomic E-state index is -3.53. The summed E-state index contributed by atoms with van der Waals surface area (Å²) < 4.78 is 27.6. The van der Waals surface area contributed by atoms with Crippen LogP contribution in [0.3, 0.4) is 0 Å². The summed E-state index contributed by atoms with van der Waals surface area (Å²) in [5.41, 5.74) is 2.45. The van der Waals surface area contributed by atoms with Crippen molar-refractivity contribution in [3.05, 3.63) is 59.4 Å². The van der Waals surface area contributed by atoms with E-state index in [2.05, 4.69) is 9.71 Å². The SMILES string of the molecule is Cc1ccc(S(=O)(=O)NCC2CCCN(C(=O)c3ccc(C)nc3)C2)cc1. The molecule has 6 nitrogen and oxygen atoms in total. The van der Waals surface area contributed by atoms with Crippen molar-refractivity contribution in [1.29, 1.82) is 0 Å². The highest BCUT2D eigenvalue weighted by Gasteiger charge is 2.26. The normalized spacial score (nSPS) is 17.7. The van der Waals surface area contributed by atoms with Gasteiger partial charge in [-0.3, -0.25) is 9.78 Å². The zero-order chi connectivity index (χ0) is 19.4. The summed E-state index contributed by atoms with van der Waals surface area (Å²) >= 11 is 0. The number of rotatable bonds is 5. The van der Waals surface area contributed by atoms with E-state index >= 15 is 0 Å². The molecule has 3 rings (SSSR count). The molecule has 1 aromatic heterocycles. The Hall–Kier alpha value is -2.25. The first-order valence-corrected chi connectivity index (χ1v) is 10.6. The monoisotopic (exact) mass is 387 g/mol. The molecule has 1 unspecified atom stereocenters. The standard InChI is InChI=1S/C20H25N3O3S/c1-15-5-9-19(10-6-15)27(25,26)22-12-17-4-3-11-23(14-17)20(24)18-8-7-16(2)21-13-18/h5-10,13,17,22H,3-4,11-12,14H2,1-2H3. The molecule has 1 aliphatic heterocycles. The summed E-state index contributed by atoms with van der Waals surface area (Å²) in [6.07, 6.45) is 3.36. The van der Waals surface area contributed by atoms with Crippen LogP contribution in [0.25, 0.3) is 0 Å². The Balaban J connectivity index is 1.60. The Kier molecular flexibility index (Phi) is 5.92. The second-order valence-corrected chi connectivity index (χ2v) is 8.88. The molecule has 0 bridgehead atoms. The molecule has 0 spiro atoms. The van der Waals surface area contributed by atoms with Crippen molar-refractivity contribution in [2.24, 2.45) is 5.92 Å². The molecule has 1 N–H and O–H groups in total. The summed E-state index contributed by atoms with van der Waals surface area (Å²) in [5, 5.41) is 0. The van der Waals surface area contributed by atoms with Crippen molar-refractivity contribution in [2.45, 2.75) is 31.6 Å². The number of carbonyl (C=O) groups is 1. The van der Waals surface area contributed by atoms with Crippen LogP contribution in [0, 0.1) is 19.8 Å². The van der Waals surface area contributed by atoms with Gasteiger partial charge in [-0.1, -0.05) is 17.7 Å². The molecule has 1 saturated heterocycles. The molecule has 144 valence electrons. The van der Waals surface area contributed by atoms with Gasteiger partial charge < -0.3 is 4.90 Å². The van der Waals surface area contributed by atoms with Gasteiger partial charge in [-0.2, -0.15) is 0 Å². The third kappa shape index (κ3) is 4.93. The van der Waals surface area contributed by atoms with Crippen molar-refractivity contribution in [2.75, 3.05) is 19.6 Å². The maximum Gasteiger partial charge on any atom is 0.255 e. The first-order valence-electron chi connectivity index (χ1n) is 9.13. The number of aryl methyl sites for hydroxylation is 2. The van der Waals surface area contributed by atoms with Crippen molar-refractivity contribution >= 4 is 15.9 Å². The third-order valence-electron chi connectivity index (χ3n) is 4.86. The molecule has 1 aliphatic rings. The van der Waals surface area contributed by atoms with Crippen molar-refractivity contribution in [3.8, 4) is 0 Å². The largest absolute Gasteiger partial charge is 0.338 e. The van der Waals surface area contributed by atoms with E-state index in [1.165, 1.54) is 0 Å². The Morgan fingerprint density at radius 1 is 1.19 bits per heavy atom. The topological polar surface area (TPSA) is 79.4 Å². The predicted molar refractivity (Wildman–Crippen MR) is 104 cm³/mol. The molecule has 1 fully saturated rings. The number of pyridine rings is 1. The number of likely N-dealkylation sites (tertiary alicyclic amines) is 1. The number of piperidine rings is 1. The van der Waals surface area contributed by atoms with Gasteiger partial charge in [0.1, 0.15) is 0 Å². The average molecular weight is 388 g/mol. The van der Waals surface area contributed by atoms with Crippen LogP contribution in [0.1, 0.15) is 34.5 Å². The molecule has 2 aromatic rings. The van der Waals surface area contributed by atoms with Gasteiger partial charge in [-0.15, -0.1) is 0 Å². The fraction of sp³-hybridized carbons (Fsp3) is 0.400. The van der Waals surface area contributed by atoms with E-state index < -0.39 is 10.0 Å². The minimum Gasteiger partial charge on any atom is -0.338 e. The van der Waals surface area contributed by atoms with Crippen LogP contribution in [0.15, 0.2) is 47.5 Å². The summed E-state index contributed by atoms with van der Waals surface area (Å²) in [4.78, 5) is 18.9. The summed E-state index contributed by atoms with van der Waals surface area (Å²) in [6.45, 7) is 5.36. The lowest BCUT2D eigenvalue weighted by Gasteiger charge is -2.32. The van der Waals surface area contributed by atoms with Crippen LogP contribution >= 0.6 is 0 Å². The van der Waals surface area contributed by atoms with Crippen molar-refractivity contribution < 1.29 is 13.2 Å². The van der Waals surface area contributed by atoms with Gasteiger partial charge >= 0.3 is 0 Å². The van der Waals surface area contributed by atoms with Gasteiger partial charge in [0, 0.05) is 31.5 Å². The van der Waals surface area contributed by atoms with E-state index in [0.29, 0.717) is 25.2 Å². The molecule has 27 heavy (non-hydrogen) atoms. The number of aromatic nitrogens is 1. The fourth-order valence-corrected chi connectivity index (χ4v) is 4.34. The van der Waals surface area contributed by atoms with Crippen LogP contribution in [0.5, 0.6) is 0 Å². The van der Waals surface area contributed by atoms with E-state index in [1.54, 1.807) is 41.4 Å². The van der Waals surface area contributed by atoms with E-state index in [9.17, 15) is 13.2 Å². The Bertz CT molecular complexity index is 893. The molecule has 1 atom stereocenters. The lowest BCUT2D eigenvalue weighted by molar-refractivity contribution is 0.0676. The van der Waals surface area contributed by atoms with E-state index in [1.807, 2.05) is 19.9 Å². The molecular weight excluding hydrogens is 362 g/mol. The van der Waals surface area contributed by atoms with Crippen molar-refractivity contribution in [3.63, 3.8) is 0 Å². The van der Waals surface area contributed by atoms with Gasteiger partial charge in [-0.25, -0.2) is 13.1 Å². The molecular formula is C20H25N3O3S. The first kappa shape index (κ1) is 19.5. The molecule has 2 heterocycles. The highest BCUT2D eigenvalue weighted by Crippen LogP contribution is 2.19. The highest BCUT2D eigenvalue weighted by molar-refractivity contribution is 7.89. The molecule has 1 aromatic carbocycles. The van der Waals surface area contributed by atoms with E-state index in [0.717, 1.165) is 24.1 Å². The summed E-state index contributed by atoms with van der Waals surface area (Å²) in [6, 6.07) is 10.4. The van der Waals surface area contributed by atoms with E-state index in [4.69, 9.17) is 0 Å². The number of carbonyl (C=O) groups excluding carboxylic acids is 1. The molecule has 1 amide bonds. The lowest BCUT2D eigenvalue weighted by Crippen LogP contribution is -2.43. The number of amides is 1. The first-order chi connectivity index (χ1) is 12.8. The summed E-state index contributed by atoms with van der Waals surface area (Å²) in [5.74, 6) is 0.0509. The fourth-order valence-electron chi connectivity index (χ4n) is 3.22. The van der Waals surface area contributed by atoms with E-state index in [-0.39, 0.29) is 16.7 Å². The molecule has 0 aliphatic carbocycles. The molecule has 7 heteroatoms. The second-order valence-electron chi connectivity index (χ2n) is 7.11. The molecule has 0 radical (unpaired) electrons. The van der Waals surface area contributed by atoms with Crippen LogP contribution in [-0.2, 0) is 10.0 Å². The second kappa shape index (κ2) is 8.19.